The predicted octanol–water partition coefficient (Wildman–Crippen LogP) is 0.246. The van der Waals surface area contributed by atoms with Crippen LogP contribution >= 0.6 is 0 Å². The summed E-state index contributed by atoms with van der Waals surface area (Å²) in [5.74, 6) is -0.809. The summed E-state index contributed by atoms with van der Waals surface area (Å²) in [6.07, 6.45) is 3.44. The van der Waals surface area contributed by atoms with Crippen molar-refractivity contribution in [2.24, 2.45) is 5.41 Å². The number of carbonyl (C=O) groups excluding carboxylic acids is 4. The first-order valence-electron chi connectivity index (χ1n) is 7.39. The molecule has 2 saturated heterocycles. The summed E-state index contributed by atoms with van der Waals surface area (Å²) in [4.78, 5) is 51.3. The van der Waals surface area contributed by atoms with Crippen molar-refractivity contribution in [3.63, 3.8) is 0 Å². The molecule has 3 rings (SSSR count). The number of imide groups is 2. The average molecular weight is 293 g/mol. The molecular weight excluding hydrogens is 274 g/mol. The van der Waals surface area contributed by atoms with Gasteiger partial charge in [0.25, 0.3) is 0 Å². The molecule has 2 aliphatic heterocycles. The van der Waals surface area contributed by atoms with Crippen molar-refractivity contribution >= 4 is 23.8 Å². The van der Waals surface area contributed by atoms with Crippen LogP contribution in [0.4, 0.5) is 4.79 Å². The molecule has 0 bridgehead atoms. The highest BCUT2D eigenvalue weighted by Crippen LogP contribution is 2.42. The minimum Gasteiger partial charge on any atom is -0.344 e. The molecule has 0 radical (unpaired) electrons. The Morgan fingerprint density at radius 1 is 1.14 bits per heavy atom. The lowest BCUT2D eigenvalue weighted by Crippen LogP contribution is -2.67. The zero-order valence-corrected chi connectivity index (χ0v) is 12.1. The predicted molar refractivity (Wildman–Crippen MR) is 71.9 cm³/mol. The average Bonchev–Trinajstić information content (AvgIpc) is 2.92. The Bertz CT molecular complexity index is 524. The topological polar surface area (TPSA) is 86.8 Å². The van der Waals surface area contributed by atoms with Gasteiger partial charge in [0.15, 0.2) is 0 Å². The minimum atomic E-state index is -1.06. The molecular formula is C14H19N3O4. The minimum absolute atomic E-state index is 0.0165. The fourth-order valence-corrected chi connectivity index (χ4v) is 3.65. The first kappa shape index (κ1) is 14.0. The Morgan fingerprint density at radius 3 is 2.43 bits per heavy atom. The Balaban J connectivity index is 1.87. The van der Waals surface area contributed by atoms with Crippen LogP contribution < -0.4 is 5.32 Å². The first-order chi connectivity index (χ1) is 9.95. The second-order valence-corrected chi connectivity index (χ2v) is 6.19. The van der Waals surface area contributed by atoms with E-state index in [1.54, 1.807) is 7.05 Å². The van der Waals surface area contributed by atoms with E-state index in [0.717, 1.165) is 12.8 Å². The molecule has 114 valence electrons. The third kappa shape index (κ3) is 2.02. The van der Waals surface area contributed by atoms with E-state index in [4.69, 9.17) is 0 Å². The molecule has 7 nitrogen and oxygen atoms in total. The molecule has 21 heavy (non-hydrogen) atoms. The van der Waals surface area contributed by atoms with Gasteiger partial charge in [0, 0.05) is 20.0 Å². The van der Waals surface area contributed by atoms with E-state index in [9.17, 15) is 19.2 Å². The fourth-order valence-electron chi connectivity index (χ4n) is 3.65. The number of hydrogen-bond acceptors (Lipinski definition) is 4. The van der Waals surface area contributed by atoms with Gasteiger partial charge in [0.2, 0.25) is 17.7 Å². The van der Waals surface area contributed by atoms with E-state index < -0.39 is 17.4 Å². The lowest BCUT2D eigenvalue weighted by Gasteiger charge is -2.43. The van der Waals surface area contributed by atoms with Crippen molar-refractivity contribution in [3.05, 3.63) is 0 Å². The molecule has 3 aliphatic rings. The van der Waals surface area contributed by atoms with Gasteiger partial charge in [-0.25, -0.2) is 4.79 Å². The third-order valence-electron chi connectivity index (χ3n) is 4.93. The van der Waals surface area contributed by atoms with E-state index in [-0.39, 0.29) is 17.9 Å². The molecule has 0 aromatic rings. The molecule has 1 aliphatic carbocycles. The largest absolute Gasteiger partial charge is 0.344 e. The van der Waals surface area contributed by atoms with Crippen molar-refractivity contribution < 1.29 is 19.2 Å². The van der Waals surface area contributed by atoms with E-state index in [2.05, 4.69) is 5.32 Å². The molecule has 0 aromatic heterocycles. The Labute approximate surface area is 122 Å². The van der Waals surface area contributed by atoms with Gasteiger partial charge < -0.3 is 4.90 Å². The van der Waals surface area contributed by atoms with Gasteiger partial charge in [-0.05, 0) is 19.3 Å². The second kappa shape index (κ2) is 4.82. The normalized spacial score (nSPS) is 29.3. The molecule has 1 N–H and O–H groups in total. The number of rotatable bonds is 1. The van der Waals surface area contributed by atoms with Crippen LogP contribution in [0.5, 0.6) is 0 Å². The number of piperidine rings is 1. The Kier molecular flexibility index (Phi) is 3.22. The highest BCUT2D eigenvalue weighted by atomic mass is 16.2. The van der Waals surface area contributed by atoms with E-state index in [1.807, 2.05) is 0 Å². The van der Waals surface area contributed by atoms with Crippen LogP contribution in [0.25, 0.3) is 0 Å². The van der Waals surface area contributed by atoms with Crippen LogP contribution in [0.15, 0.2) is 0 Å². The molecule has 5 amide bonds. The van der Waals surface area contributed by atoms with E-state index in [0.29, 0.717) is 32.2 Å². The van der Waals surface area contributed by atoms with Crippen molar-refractivity contribution in [3.8, 4) is 0 Å². The number of urea groups is 1. The van der Waals surface area contributed by atoms with Crippen LogP contribution in [0.3, 0.4) is 0 Å². The molecule has 1 saturated carbocycles. The number of carbonyl (C=O) groups is 4. The number of barbiturate groups is 1. The molecule has 1 spiro atoms. The van der Waals surface area contributed by atoms with Crippen LogP contribution in [0.2, 0.25) is 0 Å². The van der Waals surface area contributed by atoms with Crippen LogP contribution in [0, 0.1) is 5.41 Å². The zero-order valence-electron chi connectivity index (χ0n) is 12.1. The first-order valence-corrected chi connectivity index (χ1v) is 7.39. The van der Waals surface area contributed by atoms with Gasteiger partial charge in [-0.2, -0.15) is 0 Å². The third-order valence-corrected chi connectivity index (χ3v) is 4.93. The SMILES string of the molecule is CN1CC(N2C(=O)NC(=O)C3(CCCC3)C2=O)CCC1=O. The summed E-state index contributed by atoms with van der Waals surface area (Å²) in [5, 5.41) is 2.34. The van der Waals surface area contributed by atoms with Crippen molar-refractivity contribution in [2.45, 2.75) is 44.6 Å². The number of likely N-dealkylation sites (N-methyl/N-ethyl adjacent to an activating group) is 1. The lowest BCUT2D eigenvalue weighted by atomic mass is 9.81. The Morgan fingerprint density at radius 2 is 1.81 bits per heavy atom. The van der Waals surface area contributed by atoms with Crippen LogP contribution in [-0.2, 0) is 14.4 Å². The summed E-state index contributed by atoms with van der Waals surface area (Å²) in [6.45, 7) is 0.336. The van der Waals surface area contributed by atoms with Crippen molar-refractivity contribution in [2.75, 3.05) is 13.6 Å². The summed E-state index contributed by atoms with van der Waals surface area (Å²) >= 11 is 0. The smallest absolute Gasteiger partial charge is 0.331 e. The molecule has 7 heteroatoms. The molecule has 1 unspecified atom stereocenters. The van der Waals surface area contributed by atoms with Gasteiger partial charge >= 0.3 is 6.03 Å². The van der Waals surface area contributed by atoms with Gasteiger partial charge in [0.1, 0.15) is 5.41 Å². The summed E-state index contributed by atoms with van der Waals surface area (Å²) in [6, 6.07) is -0.985. The van der Waals surface area contributed by atoms with Crippen molar-refractivity contribution in [1.29, 1.82) is 0 Å². The number of hydrogen-bond donors (Lipinski definition) is 1. The monoisotopic (exact) mass is 293 g/mol. The van der Waals surface area contributed by atoms with Gasteiger partial charge in [0.05, 0.1) is 6.04 Å². The molecule has 3 fully saturated rings. The number of likely N-dealkylation sites (tertiary alicyclic amines) is 1. The maximum Gasteiger partial charge on any atom is 0.331 e. The molecule has 0 aromatic carbocycles. The number of amides is 5. The van der Waals surface area contributed by atoms with Gasteiger partial charge in [-0.15, -0.1) is 0 Å². The summed E-state index contributed by atoms with van der Waals surface area (Å²) in [5.41, 5.74) is -1.06. The number of nitrogens with zero attached hydrogens (tertiary/aromatic N) is 2. The summed E-state index contributed by atoms with van der Waals surface area (Å²) < 4.78 is 0. The second-order valence-electron chi connectivity index (χ2n) is 6.19. The fraction of sp³-hybridized carbons (Fsp3) is 0.714. The van der Waals surface area contributed by atoms with E-state index >= 15 is 0 Å². The quantitative estimate of drug-likeness (QED) is 0.702. The molecule has 1 atom stereocenters. The highest BCUT2D eigenvalue weighted by Gasteiger charge is 2.56. The van der Waals surface area contributed by atoms with E-state index in [1.165, 1.54) is 9.80 Å². The van der Waals surface area contributed by atoms with Crippen LogP contribution in [-0.4, -0.2) is 53.2 Å². The van der Waals surface area contributed by atoms with Gasteiger partial charge in [-0.3, -0.25) is 24.6 Å². The van der Waals surface area contributed by atoms with Crippen LogP contribution in [0.1, 0.15) is 38.5 Å². The number of nitrogens with one attached hydrogen (secondary N) is 1. The molecule has 2 heterocycles. The maximum atomic E-state index is 12.8. The highest BCUT2D eigenvalue weighted by molar-refractivity contribution is 6.19. The Hall–Kier alpha value is -1.92. The maximum absolute atomic E-state index is 12.8. The zero-order chi connectivity index (χ0) is 15.2. The standard InChI is InChI=1S/C14H19N3O4/c1-16-8-9(4-5-10(16)18)17-12(20)14(6-2-3-7-14)11(19)15-13(17)21/h9H,2-8H2,1H3,(H,15,19,21). The van der Waals surface area contributed by atoms with Gasteiger partial charge in [-0.1, -0.05) is 12.8 Å². The van der Waals surface area contributed by atoms with Crippen molar-refractivity contribution in [1.82, 2.24) is 15.1 Å². The lowest BCUT2D eigenvalue weighted by molar-refractivity contribution is -0.154. The summed E-state index contributed by atoms with van der Waals surface area (Å²) in [7, 11) is 1.66.